The highest BCUT2D eigenvalue weighted by Crippen LogP contribution is 2.38. The molecular weight excluding hydrogens is 416 g/mol. The van der Waals surface area contributed by atoms with Crippen LogP contribution in [0.3, 0.4) is 0 Å². The van der Waals surface area contributed by atoms with Gasteiger partial charge >= 0.3 is 0 Å². The molecule has 1 aliphatic carbocycles. The van der Waals surface area contributed by atoms with Gasteiger partial charge in [-0.05, 0) is 55.2 Å². The minimum absolute atomic E-state index is 0.0335. The summed E-state index contributed by atoms with van der Waals surface area (Å²) in [5, 5.41) is 6.94. The monoisotopic (exact) mass is 440 g/mol. The van der Waals surface area contributed by atoms with E-state index in [4.69, 9.17) is 4.52 Å². The molecule has 3 aromatic rings. The second-order valence-electron chi connectivity index (χ2n) is 7.96. The molecule has 0 saturated heterocycles. The number of hydrogen-bond acceptors (Lipinski definition) is 6. The summed E-state index contributed by atoms with van der Waals surface area (Å²) in [7, 11) is -3.75. The largest absolute Gasteiger partial charge is 0.340 e. The topological polar surface area (TPSA) is 114 Å². The molecule has 1 heterocycles. The van der Waals surface area contributed by atoms with Crippen LogP contribution in [0.5, 0.6) is 0 Å². The van der Waals surface area contributed by atoms with Crippen molar-refractivity contribution >= 4 is 21.6 Å². The molecule has 1 unspecified atom stereocenters. The van der Waals surface area contributed by atoms with E-state index in [1.54, 1.807) is 30.3 Å². The maximum Gasteiger partial charge on any atom is 0.261 e. The van der Waals surface area contributed by atoms with E-state index < -0.39 is 16.1 Å². The van der Waals surface area contributed by atoms with E-state index in [2.05, 4.69) is 20.2 Å². The summed E-state index contributed by atoms with van der Waals surface area (Å²) in [6.45, 7) is 3.91. The zero-order valence-corrected chi connectivity index (χ0v) is 18.1. The van der Waals surface area contributed by atoms with Gasteiger partial charge in [0, 0.05) is 17.2 Å². The van der Waals surface area contributed by atoms with Crippen LogP contribution in [0.1, 0.15) is 60.7 Å². The highest BCUT2D eigenvalue weighted by atomic mass is 32.2. The fourth-order valence-electron chi connectivity index (χ4n) is 3.12. The van der Waals surface area contributed by atoms with Crippen LogP contribution in [-0.4, -0.2) is 24.5 Å². The molecule has 0 spiro atoms. The molecule has 1 atom stereocenters. The van der Waals surface area contributed by atoms with Crippen LogP contribution in [0, 0.1) is 5.92 Å². The average molecular weight is 441 g/mol. The minimum atomic E-state index is -3.75. The van der Waals surface area contributed by atoms with Crippen LogP contribution in [0.2, 0.25) is 0 Å². The summed E-state index contributed by atoms with van der Waals surface area (Å²) in [6.07, 6.45) is 2.12. The number of aromatic nitrogens is 2. The zero-order chi connectivity index (χ0) is 22.0. The first-order chi connectivity index (χ1) is 14.8. The predicted molar refractivity (Wildman–Crippen MR) is 115 cm³/mol. The van der Waals surface area contributed by atoms with E-state index in [-0.39, 0.29) is 16.7 Å². The number of para-hydroxylation sites is 1. The Kier molecular flexibility index (Phi) is 5.77. The SMILES string of the molecule is CC(C)C(NC(=O)c1ccc(S(=O)(=O)Nc2ccccc2)cc1)c1nc(C2CC2)no1. The molecule has 1 amide bonds. The number of benzene rings is 2. The first kappa shape index (κ1) is 21.0. The average Bonchev–Trinajstić information content (AvgIpc) is 3.49. The predicted octanol–water partition coefficient (Wildman–Crippen LogP) is 3.87. The Morgan fingerprint density at radius 2 is 1.74 bits per heavy atom. The lowest BCUT2D eigenvalue weighted by molar-refractivity contribution is 0.0914. The fraction of sp³-hybridized carbons (Fsp3) is 0.318. The summed E-state index contributed by atoms with van der Waals surface area (Å²) in [4.78, 5) is 17.3. The molecule has 0 aliphatic heterocycles. The van der Waals surface area contributed by atoms with E-state index in [1.807, 2.05) is 13.8 Å². The Balaban J connectivity index is 1.46. The Morgan fingerprint density at radius 3 is 2.35 bits per heavy atom. The second-order valence-corrected chi connectivity index (χ2v) is 9.64. The molecule has 9 heteroatoms. The van der Waals surface area contributed by atoms with Crippen LogP contribution in [0.15, 0.2) is 64.0 Å². The highest BCUT2D eigenvalue weighted by Gasteiger charge is 2.31. The van der Waals surface area contributed by atoms with Gasteiger partial charge in [-0.3, -0.25) is 9.52 Å². The number of anilines is 1. The summed E-state index contributed by atoms with van der Waals surface area (Å²) in [5.74, 6) is 1.13. The van der Waals surface area contributed by atoms with Crippen molar-refractivity contribution < 1.29 is 17.7 Å². The smallest absolute Gasteiger partial charge is 0.261 e. The summed E-state index contributed by atoms with van der Waals surface area (Å²) in [6, 6.07) is 14.0. The number of nitrogens with one attached hydrogen (secondary N) is 2. The minimum Gasteiger partial charge on any atom is -0.340 e. The number of nitrogens with zero attached hydrogens (tertiary/aromatic N) is 2. The number of sulfonamides is 1. The normalized spacial score (nSPS) is 14.9. The zero-order valence-electron chi connectivity index (χ0n) is 17.3. The van der Waals surface area contributed by atoms with Gasteiger partial charge in [0.2, 0.25) is 5.89 Å². The third-order valence-electron chi connectivity index (χ3n) is 5.07. The van der Waals surface area contributed by atoms with Gasteiger partial charge in [-0.25, -0.2) is 8.42 Å². The third kappa shape index (κ3) is 4.93. The molecule has 2 aromatic carbocycles. The lowest BCUT2D eigenvalue weighted by Gasteiger charge is -2.18. The lowest BCUT2D eigenvalue weighted by atomic mass is 10.0. The van der Waals surface area contributed by atoms with Gasteiger partial charge in [0.25, 0.3) is 15.9 Å². The van der Waals surface area contributed by atoms with Crippen molar-refractivity contribution in [1.82, 2.24) is 15.5 Å². The van der Waals surface area contributed by atoms with Gasteiger partial charge in [0.05, 0.1) is 4.90 Å². The number of carbonyl (C=O) groups excluding carboxylic acids is 1. The van der Waals surface area contributed by atoms with Crippen molar-refractivity contribution in [3.05, 3.63) is 71.9 Å². The van der Waals surface area contributed by atoms with Crippen LogP contribution >= 0.6 is 0 Å². The van der Waals surface area contributed by atoms with Gasteiger partial charge in [0.1, 0.15) is 6.04 Å². The lowest BCUT2D eigenvalue weighted by Crippen LogP contribution is -2.32. The van der Waals surface area contributed by atoms with Crippen LogP contribution in [0.4, 0.5) is 5.69 Å². The first-order valence-electron chi connectivity index (χ1n) is 10.2. The number of rotatable bonds is 8. The molecular formula is C22H24N4O4S. The summed E-state index contributed by atoms with van der Waals surface area (Å²) < 4.78 is 33.0. The van der Waals surface area contributed by atoms with E-state index in [1.165, 1.54) is 24.3 Å². The summed E-state index contributed by atoms with van der Waals surface area (Å²) >= 11 is 0. The van der Waals surface area contributed by atoms with Crippen LogP contribution in [0.25, 0.3) is 0 Å². The Labute approximate surface area is 181 Å². The molecule has 8 nitrogen and oxygen atoms in total. The van der Waals surface area contributed by atoms with E-state index in [0.717, 1.165) is 12.8 Å². The maximum atomic E-state index is 12.8. The third-order valence-corrected chi connectivity index (χ3v) is 6.47. The van der Waals surface area contributed by atoms with Crippen LogP contribution in [-0.2, 0) is 10.0 Å². The highest BCUT2D eigenvalue weighted by molar-refractivity contribution is 7.92. The number of hydrogen-bond donors (Lipinski definition) is 2. The molecule has 31 heavy (non-hydrogen) atoms. The second kappa shape index (κ2) is 8.50. The van der Waals surface area contributed by atoms with Crippen LogP contribution < -0.4 is 10.0 Å². The van der Waals surface area contributed by atoms with Gasteiger partial charge in [-0.1, -0.05) is 37.2 Å². The van der Waals surface area contributed by atoms with Crippen molar-refractivity contribution in [2.45, 2.75) is 43.5 Å². The molecule has 2 N–H and O–H groups in total. The molecule has 1 aliphatic rings. The van der Waals surface area contributed by atoms with E-state index in [0.29, 0.717) is 28.9 Å². The molecule has 1 aromatic heterocycles. The number of amides is 1. The Morgan fingerprint density at radius 1 is 1.06 bits per heavy atom. The van der Waals surface area contributed by atoms with Crippen molar-refractivity contribution in [1.29, 1.82) is 0 Å². The maximum absolute atomic E-state index is 12.8. The van der Waals surface area contributed by atoms with Crippen molar-refractivity contribution in [2.24, 2.45) is 5.92 Å². The standard InChI is InChI=1S/C22H24N4O4S/c1-14(2)19(22-24-20(25-30-22)15-8-9-15)23-21(27)16-10-12-18(13-11-16)31(28,29)26-17-6-4-3-5-7-17/h3-7,10-15,19,26H,8-9H2,1-2H3,(H,23,27). The van der Waals surface area contributed by atoms with Gasteiger partial charge < -0.3 is 9.84 Å². The molecule has 0 radical (unpaired) electrons. The Bertz CT molecular complexity index is 1150. The molecule has 0 bridgehead atoms. The summed E-state index contributed by atoms with van der Waals surface area (Å²) in [5.41, 5.74) is 0.806. The molecule has 162 valence electrons. The first-order valence-corrected chi connectivity index (χ1v) is 11.6. The number of carbonyl (C=O) groups is 1. The van der Waals surface area contributed by atoms with E-state index in [9.17, 15) is 13.2 Å². The molecule has 4 rings (SSSR count). The fourth-order valence-corrected chi connectivity index (χ4v) is 4.18. The molecule has 1 saturated carbocycles. The van der Waals surface area contributed by atoms with E-state index >= 15 is 0 Å². The van der Waals surface area contributed by atoms with Gasteiger partial charge in [-0.2, -0.15) is 4.98 Å². The Hall–Kier alpha value is -3.20. The molecule has 1 fully saturated rings. The quantitative estimate of drug-likeness (QED) is 0.549. The van der Waals surface area contributed by atoms with Crippen molar-refractivity contribution in [3.8, 4) is 0 Å². The van der Waals surface area contributed by atoms with Gasteiger partial charge in [-0.15, -0.1) is 0 Å². The van der Waals surface area contributed by atoms with Crippen molar-refractivity contribution in [3.63, 3.8) is 0 Å². The van der Waals surface area contributed by atoms with Crippen molar-refractivity contribution in [2.75, 3.05) is 4.72 Å². The van der Waals surface area contributed by atoms with Gasteiger partial charge in [0.15, 0.2) is 5.82 Å².